The Bertz CT molecular complexity index is 415. The van der Waals surface area contributed by atoms with Gasteiger partial charge in [-0.1, -0.05) is 13.0 Å². The Kier molecular flexibility index (Phi) is 4.70. The summed E-state index contributed by atoms with van der Waals surface area (Å²) >= 11 is 0. The molecular weight excluding hydrogens is 236 g/mol. The molecule has 1 aliphatic rings. The Morgan fingerprint density at radius 2 is 2.16 bits per heavy atom. The third-order valence-electron chi connectivity index (χ3n) is 4.21. The van der Waals surface area contributed by atoms with E-state index in [4.69, 9.17) is 0 Å². The van der Waals surface area contributed by atoms with Crippen LogP contribution in [0.5, 0.6) is 5.75 Å². The van der Waals surface area contributed by atoms with E-state index in [2.05, 4.69) is 37.2 Å². The van der Waals surface area contributed by atoms with Crippen LogP contribution in [0.25, 0.3) is 0 Å². The highest BCUT2D eigenvalue weighted by molar-refractivity contribution is 5.54. The monoisotopic (exact) mass is 262 g/mol. The Hall–Kier alpha value is -1.22. The Balaban J connectivity index is 2.07. The van der Waals surface area contributed by atoms with E-state index in [1.807, 2.05) is 12.1 Å². The zero-order valence-electron chi connectivity index (χ0n) is 12.3. The number of hydrogen-bond donors (Lipinski definition) is 2. The second-order valence-corrected chi connectivity index (χ2v) is 5.61. The Morgan fingerprint density at radius 1 is 1.42 bits per heavy atom. The number of anilines is 1. The van der Waals surface area contributed by atoms with Crippen LogP contribution in [0.1, 0.15) is 51.1 Å². The van der Waals surface area contributed by atoms with Crippen LogP contribution in [0.3, 0.4) is 0 Å². The third kappa shape index (κ3) is 3.21. The SMILES string of the molecule is CCCNC(C)c1ccc(N(C)C2CCC2)cc1O. The summed E-state index contributed by atoms with van der Waals surface area (Å²) in [6.07, 6.45) is 4.98. The van der Waals surface area contributed by atoms with Gasteiger partial charge in [-0.05, 0) is 45.2 Å². The molecule has 0 radical (unpaired) electrons. The lowest BCUT2D eigenvalue weighted by Crippen LogP contribution is -2.37. The molecule has 1 saturated carbocycles. The topological polar surface area (TPSA) is 35.5 Å². The van der Waals surface area contributed by atoms with Gasteiger partial charge in [-0.2, -0.15) is 0 Å². The lowest BCUT2D eigenvalue weighted by Gasteiger charge is -2.36. The van der Waals surface area contributed by atoms with Crippen molar-refractivity contribution in [1.82, 2.24) is 5.32 Å². The van der Waals surface area contributed by atoms with E-state index >= 15 is 0 Å². The van der Waals surface area contributed by atoms with Gasteiger partial charge >= 0.3 is 0 Å². The fourth-order valence-corrected chi connectivity index (χ4v) is 2.57. The molecule has 0 amide bonds. The van der Waals surface area contributed by atoms with Gasteiger partial charge in [0.05, 0.1) is 0 Å². The Labute approximate surface area is 116 Å². The van der Waals surface area contributed by atoms with Crippen LogP contribution in [0.15, 0.2) is 18.2 Å². The first-order valence-electron chi connectivity index (χ1n) is 7.42. The fourth-order valence-electron chi connectivity index (χ4n) is 2.57. The molecule has 2 rings (SSSR count). The van der Waals surface area contributed by atoms with Crippen LogP contribution >= 0.6 is 0 Å². The molecule has 1 atom stereocenters. The lowest BCUT2D eigenvalue weighted by atomic mass is 9.91. The van der Waals surface area contributed by atoms with E-state index in [9.17, 15) is 5.11 Å². The van der Waals surface area contributed by atoms with Crippen molar-refractivity contribution in [2.75, 3.05) is 18.5 Å². The van der Waals surface area contributed by atoms with Crippen LogP contribution in [0, 0.1) is 0 Å². The van der Waals surface area contributed by atoms with Gasteiger partial charge in [0.1, 0.15) is 5.75 Å². The predicted octanol–water partition coefficient (Wildman–Crippen LogP) is 3.44. The normalized spacial score (nSPS) is 17.0. The number of hydrogen-bond acceptors (Lipinski definition) is 3. The summed E-state index contributed by atoms with van der Waals surface area (Å²) in [6, 6.07) is 6.92. The molecule has 1 unspecified atom stereocenters. The first-order chi connectivity index (χ1) is 9.13. The van der Waals surface area contributed by atoms with Crippen molar-refractivity contribution in [2.24, 2.45) is 0 Å². The van der Waals surface area contributed by atoms with Gasteiger partial charge in [-0.3, -0.25) is 0 Å². The number of nitrogens with zero attached hydrogens (tertiary/aromatic N) is 1. The largest absolute Gasteiger partial charge is 0.508 e. The number of nitrogens with one attached hydrogen (secondary N) is 1. The zero-order chi connectivity index (χ0) is 13.8. The van der Waals surface area contributed by atoms with E-state index in [-0.39, 0.29) is 6.04 Å². The van der Waals surface area contributed by atoms with E-state index in [0.717, 1.165) is 24.2 Å². The van der Waals surface area contributed by atoms with Crippen molar-refractivity contribution in [2.45, 2.75) is 51.6 Å². The Morgan fingerprint density at radius 3 is 2.68 bits per heavy atom. The van der Waals surface area contributed by atoms with Crippen molar-refractivity contribution in [1.29, 1.82) is 0 Å². The average molecular weight is 262 g/mol. The quantitative estimate of drug-likeness (QED) is 0.824. The number of phenols is 1. The highest BCUT2D eigenvalue weighted by Gasteiger charge is 2.23. The van der Waals surface area contributed by atoms with Crippen LogP contribution in [0.2, 0.25) is 0 Å². The molecule has 1 fully saturated rings. The van der Waals surface area contributed by atoms with Crippen LogP contribution in [-0.2, 0) is 0 Å². The second kappa shape index (κ2) is 6.29. The van der Waals surface area contributed by atoms with Crippen LogP contribution in [-0.4, -0.2) is 24.7 Å². The van der Waals surface area contributed by atoms with Crippen molar-refractivity contribution in [3.8, 4) is 5.75 Å². The first kappa shape index (κ1) is 14.2. The molecule has 1 aromatic rings. The molecular formula is C16H26N2O. The summed E-state index contributed by atoms with van der Waals surface area (Å²) < 4.78 is 0. The molecule has 1 aromatic carbocycles. The summed E-state index contributed by atoms with van der Waals surface area (Å²) in [7, 11) is 2.12. The van der Waals surface area contributed by atoms with Gasteiger partial charge in [0.15, 0.2) is 0 Å². The molecule has 0 aromatic heterocycles. The molecule has 0 aliphatic heterocycles. The molecule has 0 saturated heterocycles. The summed E-state index contributed by atoms with van der Waals surface area (Å²) in [5.41, 5.74) is 2.10. The van der Waals surface area contributed by atoms with Gasteiger partial charge in [0, 0.05) is 36.4 Å². The molecule has 3 nitrogen and oxygen atoms in total. The van der Waals surface area contributed by atoms with Crippen LogP contribution < -0.4 is 10.2 Å². The second-order valence-electron chi connectivity index (χ2n) is 5.61. The maximum Gasteiger partial charge on any atom is 0.122 e. The van der Waals surface area contributed by atoms with Crippen molar-refractivity contribution in [3.63, 3.8) is 0 Å². The molecule has 19 heavy (non-hydrogen) atoms. The van der Waals surface area contributed by atoms with Crippen molar-refractivity contribution in [3.05, 3.63) is 23.8 Å². The molecule has 106 valence electrons. The van der Waals surface area contributed by atoms with Gasteiger partial charge < -0.3 is 15.3 Å². The minimum absolute atomic E-state index is 0.197. The maximum absolute atomic E-state index is 10.2. The number of benzene rings is 1. The van der Waals surface area contributed by atoms with Gasteiger partial charge in [-0.15, -0.1) is 0 Å². The summed E-state index contributed by atoms with van der Waals surface area (Å²) in [5, 5.41) is 13.6. The lowest BCUT2D eigenvalue weighted by molar-refractivity contribution is 0.400. The number of rotatable bonds is 6. The third-order valence-corrected chi connectivity index (χ3v) is 4.21. The number of phenolic OH excluding ortho intramolecular Hbond substituents is 1. The van der Waals surface area contributed by atoms with Gasteiger partial charge in [0.25, 0.3) is 0 Å². The molecule has 1 aliphatic carbocycles. The molecule has 0 spiro atoms. The minimum Gasteiger partial charge on any atom is -0.508 e. The molecule has 0 heterocycles. The van der Waals surface area contributed by atoms with E-state index < -0.39 is 0 Å². The number of aromatic hydroxyl groups is 1. The predicted molar refractivity (Wildman–Crippen MR) is 80.9 cm³/mol. The smallest absolute Gasteiger partial charge is 0.122 e. The van der Waals surface area contributed by atoms with E-state index in [1.54, 1.807) is 0 Å². The molecule has 3 heteroatoms. The first-order valence-corrected chi connectivity index (χ1v) is 7.42. The molecule has 2 N–H and O–H groups in total. The van der Waals surface area contributed by atoms with Crippen molar-refractivity contribution < 1.29 is 5.11 Å². The molecule has 0 bridgehead atoms. The van der Waals surface area contributed by atoms with Gasteiger partial charge in [-0.25, -0.2) is 0 Å². The highest BCUT2D eigenvalue weighted by Crippen LogP contribution is 2.33. The standard InChI is InChI=1S/C16H26N2O/c1-4-10-17-12(2)15-9-8-14(11-16(15)19)18(3)13-6-5-7-13/h8-9,11-13,17,19H,4-7,10H2,1-3H3. The summed E-state index contributed by atoms with van der Waals surface area (Å²) in [5.74, 6) is 0.403. The van der Waals surface area contributed by atoms with E-state index in [1.165, 1.54) is 19.3 Å². The summed E-state index contributed by atoms with van der Waals surface area (Å²) in [6.45, 7) is 5.22. The minimum atomic E-state index is 0.197. The summed E-state index contributed by atoms with van der Waals surface area (Å²) in [4.78, 5) is 2.29. The fraction of sp³-hybridized carbons (Fsp3) is 0.625. The zero-order valence-corrected chi connectivity index (χ0v) is 12.3. The van der Waals surface area contributed by atoms with E-state index in [0.29, 0.717) is 11.8 Å². The van der Waals surface area contributed by atoms with Gasteiger partial charge in [0.2, 0.25) is 0 Å². The maximum atomic E-state index is 10.2. The van der Waals surface area contributed by atoms with Crippen LogP contribution in [0.4, 0.5) is 5.69 Å². The average Bonchev–Trinajstić information content (AvgIpc) is 2.33. The van der Waals surface area contributed by atoms with Crippen molar-refractivity contribution >= 4 is 5.69 Å². The highest BCUT2D eigenvalue weighted by atomic mass is 16.3.